The van der Waals surface area contributed by atoms with Crippen LogP contribution in [0.1, 0.15) is 50.3 Å². The number of rotatable bonds is 9. The third-order valence-corrected chi connectivity index (χ3v) is 5.07. The molecule has 0 fully saturated rings. The largest absolute Gasteiger partial charge is 0.256 e. The number of H-pyrrole nitrogens is 1. The molecular weight excluding hydrogens is 376 g/mol. The second kappa shape index (κ2) is 9.39. The molecule has 4 rings (SSSR count). The molecule has 0 aliphatic carbocycles. The third kappa shape index (κ3) is 4.42. The summed E-state index contributed by atoms with van der Waals surface area (Å²) < 4.78 is 2.06. The van der Waals surface area contributed by atoms with E-state index in [1.54, 1.807) is 0 Å². The molecule has 3 heterocycles. The molecule has 1 aromatic carbocycles. The predicted octanol–water partition coefficient (Wildman–Crippen LogP) is 3.86. The molecule has 0 unspecified atom stereocenters. The number of hydrogen-bond acceptors (Lipinski definition) is 6. The first-order chi connectivity index (χ1) is 14.8. The van der Waals surface area contributed by atoms with Crippen molar-refractivity contribution >= 4 is 0 Å². The Bertz CT molecular complexity index is 1070. The minimum absolute atomic E-state index is 0.628. The van der Waals surface area contributed by atoms with E-state index in [0.717, 1.165) is 59.8 Å². The van der Waals surface area contributed by atoms with E-state index >= 15 is 0 Å². The standard InChI is InChI=1S/C22H26N8/c1-3-5-8-13-30-21(24-20(4-2)27-30)14-16-11-12-19(23-15-16)17-9-6-7-10-18(17)22-25-28-29-26-22/h6-7,9-12,15H,3-5,8,13-14H2,1-2H3,(H,25,26,28,29). The average molecular weight is 403 g/mol. The number of nitrogens with zero attached hydrogens (tertiary/aromatic N) is 7. The highest BCUT2D eigenvalue weighted by molar-refractivity contribution is 5.78. The van der Waals surface area contributed by atoms with Crippen LogP contribution in [0.2, 0.25) is 0 Å². The Kier molecular flexibility index (Phi) is 6.22. The zero-order valence-electron chi connectivity index (χ0n) is 17.4. The number of unbranched alkanes of at least 4 members (excludes halogenated alkanes) is 2. The fourth-order valence-corrected chi connectivity index (χ4v) is 3.45. The summed E-state index contributed by atoms with van der Waals surface area (Å²) in [6.07, 6.45) is 7.01. The number of nitrogens with one attached hydrogen (secondary N) is 1. The molecule has 1 N–H and O–H groups in total. The van der Waals surface area contributed by atoms with Gasteiger partial charge in [0.15, 0.2) is 11.6 Å². The maximum Gasteiger partial charge on any atom is 0.180 e. The number of aromatic amines is 1. The Morgan fingerprint density at radius 1 is 1.00 bits per heavy atom. The van der Waals surface area contributed by atoms with Gasteiger partial charge < -0.3 is 0 Å². The molecule has 0 atom stereocenters. The SMILES string of the molecule is CCCCCn1nc(CC)nc1Cc1ccc(-c2ccccc2-c2nnn[nH]2)nc1. The van der Waals surface area contributed by atoms with Crippen LogP contribution in [-0.4, -0.2) is 40.4 Å². The molecule has 0 bridgehead atoms. The van der Waals surface area contributed by atoms with Gasteiger partial charge in [0.2, 0.25) is 0 Å². The molecule has 4 aromatic rings. The lowest BCUT2D eigenvalue weighted by Crippen LogP contribution is -2.07. The molecule has 0 aliphatic rings. The van der Waals surface area contributed by atoms with Crippen molar-refractivity contribution in [2.24, 2.45) is 0 Å². The molecule has 8 heteroatoms. The molecule has 154 valence electrons. The van der Waals surface area contributed by atoms with Crippen LogP contribution in [0.4, 0.5) is 0 Å². The first-order valence-corrected chi connectivity index (χ1v) is 10.5. The van der Waals surface area contributed by atoms with Crippen molar-refractivity contribution in [3.05, 3.63) is 59.8 Å². The summed E-state index contributed by atoms with van der Waals surface area (Å²) in [5, 5.41) is 18.9. The highest BCUT2D eigenvalue weighted by atomic mass is 15.5. The van der Waals surface area contributed by atoms with Crippen LogP contribution in [0.25, 0.3) is 22.6 Å². The van der Waals surface area contributed by atoms with Gasteiger partial charge in [-0.3, -0.25) is 4.98 Å². The molecule has 3 aromatic heterocycles. The van der Waals surface area contributed by atoms with Gasteiger partial charge in [-0.2, -0.15) is 5.10 Å². The molecule has 0 spiro atoms. The van der Waals surface area contributed by atoms with Gasteiger partial charge in [0.05, 0.1) is 5.69 Å². The van der Waals surface area contributed by atoms with Gasteiger partial charge in [-0.1, -0.05) is 57.0 Å². The topological polar surface area (TPSA) is 98.1 Å². The minimum Gasteiger partial charge on any atom is -0.256 e. The zero-order valence-corrected chi connectivity index (χ0v) is 17.4. The Hall–Kier alpha value is -3.42. The van der Waals surface area contributed by atoms with Crippen molar-refractivity contribution in [3.63, 3.8) is 0 Å². The molecule has 0 saturated heterocycles. The van der Waals surface area contributed by atoms with Crippen molar-refractivity contribution in [2.45, 2.75) is 52.5 Å². The summed E-state index contributed by atoms with van der Waals surface area (Å²) in [7, 11) is 0. The van der Waals surface area contributed by atoms with Crippen LogP contribution in [0.3, 0.4) is 0 Å². The fourth-order valence-electron chi connectivity index (χ4n) is 3.45. The summed E-state index contributed by atoms with van der Waals surface area (Å²) >= 11 is 0. The Balaban J connectivity index is 1.55. The second-order valence-electron chi connectivity index (χ2n) is 7.25. The third-order valence-electron chi connectivity index (χ3n) is 5.07. The lowest BCUT2D eigenvalue weighted by atomic mass is 10.0. The Morgan fingerprint density at radius 2 is 1.87 bits per heavy atom. The quantitative estimate of drug-likeness (QED) is 0.427. The highest BCUT2D eigenvalue weighted by Gasteiger charge is 2.13. The first-order valence-electron chi connectivity index (χ1n) is 10.5. The van der Waals surface area contributed by atoms with Crippen LogP contribution in [0.5, 0.6) is 0 Å². The van der Waals surface area contributed by atoms with Crippen molar-refractivity contribution in [1.82, 2.24) is 40.4 Å². The summed E-state index contributed by atoms with van der Waals surface area (Å²) in [5.41, 5.74) is 3.90. The molecule has 30 heavy (non-hydrogen) atoms. The lowest BCUT2D eigenvalue weighted by Gasteiger charge is -2.08. The zero-order chi connectivity index (χ0) is 20.8. The normalized spacial score (nSPS) is 11.1. The predicted molar refractivity (Wildman–Crippen MR) is 115 cm³/mol. The van der Waals surface area contributed by atoms with E-state index in [9.17, 15) is 0 Å². The van der Waals surface area contributed by atoms with Gasteiger partial charge in [0.1, 0.15) is 5.82 Å². The van der Waals surface area contributed by atoms with Crippen LogP contribution < -0.4 is 0 Å². The minimum atomic E-state index is 0.628. The van der Waals surface area contributed by atoms with E-state index in [4.69, 9.17) is 9.97 Å². The van der Waals surface area contributed by atoms with Crippen molar-refractivity contribution in [1.29, 1.82) is 0 Å². The number of tetrazole rings is 1. The van der Waals surface area contributed by atoms with Crippen LogP contribution >= 0.6 is 0 Å². The van der Waals surface area contributed by atoms with E-state index in [0.29, 0.717) is 5.82 Å². The summed E-state index contributed by atoms with van der Waals surface area (Å²) in [4.78, 5) is 9.44. The van der Waals surface area contributed by atoms with E-state index in [-0.39, 0.29) is 0 Å². The number of hydrogen-bond donors (Lipinski definition) is 1. The Labute approximate surface area is 175 Å². The number of pyridine rings is 1. The second-order valence-corrected chi connectivity index (χ2v) is 7.25. The smallest absolute Gasteiger partial charge is 0.180 e. The van der Waals surface area contributed by atoms with Gasteiger partial charge >= 0.3 is 0 Å². The summed E-state index contributed by atoms with van der Waals surface area (Å²) in [6, 6.07) is 12.1. The van der Waals surface area contributed by atoms with Gasteiger partial charge in [0.25, 0.3) is 0 Å². The maximum absolute atomic E-state index is 4.73. The molecule has 8 nitrogen and oxygen atoms in total. The Morgan fingerprint density at radius 3 is 2.57 bits per heavy atom. The molecule has 0 saturated carbocycles. The van der Waals surface area contributed by atoms with E-state index in [1.807, 2.05) is 36.5 Å². The molecule has 0 amide bonds. The van der Waals surface area contributed by atoms with Gasteiger partial charge in [-0.15, -0.1) is 5.10 Å². The van der Waals surface area contributed by atoms with Crippen LogP contribution in [0.15, 0.2) is 42.6 Å². The van der Waals surface area contributed by atoms with Crippen LogP contribution in [-0.2, 0) is 19.4 Å². The van der Waals surface area contributed by atoms with Crippen molar-refractivity contribution < 1.29 is 0 Å². The van der Waals surface area contributed by atoms with Gasteiger partial charge in [-0.05, 0) is 28.5 Å². The first kappa shape index (κ1) is 19.9. The lowest BCUT2D eigenvalue weighted by molar-refractivity contribution is 0.531. The number of aryl methyl sites for hydroxylation is 2. The average Bonchev–Trinajstić information content (AvgIpc) is 3.45. The fraction of sp³-hybridized carbons (Fsp3) is 0.364. The number of aromatic nitrogens is 8. The highest BCUT2D eigenvalue weighted by Crippen LogP contribution is 2.28. The molecule has 0 aliphatic heterocycles. The van der Waals surface area contributed by atoms with Crippen molar-refractivity contribution in [2.75, 3.05) is 0 Å². The van der Waals surface area contributed by atoms with Crippen molar-refractivity contribution in [3.8, 4) is 22.6 Å². The van der Waals surface area contributed by atoms with Gasteiger partial charge in [0, 0.05) is 36.7 Å². The monoisotopic (exact) mass is 402 g/mol. The number of benzene rings is 1. The van der Waals surface area contributed by atoms with Gasteiger partial charge in [-0.25, -0.2) is 14.8 Å². The summed E-state index contributed by atoms with van der Waals surface area (Å²) in [5.74, 6) is 2.54. The van der Waals surface area contributed by atoms with E-state index < -0.39 is 0 Å². The summed E-state index contributed by atoms with van der Waals surface area (Å²) in [6.45, 7) is 5.22. The van der Waals surface area contributed by atoms with Crippen LogP contribution in [0, 0.1) is 0 Å². The van der Waals surface area contributed by atoms with E-state index in [2.05, 4.69) is 50.3 Å². The van der Waals surface area contributed by atoms with E-state index in [1.165, 1.54) is 12.8 Å². The maximum atomic E-state index is 4.73. The molecular formula is C22H26N8. The molecule has 0 radical (unpaired) electrons.